The van der Waals surface area contributed by atoms with Crippen LogP contribution >= 0.6 is 0 Å². The zero-order valence-electron chi connectivity index (χ0n) is 47.2. The van der Waals surface area contributed by atoms with Gasteiger partial charge in [-0.05, 0) is 172 Å². The quantitative estimate of drug-likeness (QED) is 0.0179. The Labute approximate surface area is 471 Å². The number of amides is 2. The third-order valence-electron chi connectivity index (χ3n) is 15.9. The van der Waals surface area contributed by atoms with E-state index >= 15 is 0 Å². The van der Waals surface area contributed by atoms with Gasteiger partial charge >= 0.3 is 0 Å². The fraction of sp³-hybridized carbons (Fsp3) is 0.279. The summed E-state index contributed by atoms with van der Waals surface area (Å²) in [6, 6.07) is 45.4. The minimum Gasteiger partial charge on any atom is -0.399 e. The first-order valence-electron chi connectivity index (χ1n) is 28.4. The molecule has 10 rings (SSSR count). The van der Waals surface area contributed by atoms with E-state index < -0.39 is 0 Å². The van der Waals surface area contributed by atoms with Gasteiger partial charge in [-0.25, -0.2) is 9.98 Å². The molecule has 1 unspecified atom stereocenters. The van der Waals surface area contributed by atoms with Crippen LogP contribution in [0.25, 0.3) is 38.9 Å². The van der Waals surface area contributed by atoms with Crippen LogP contribution in [0.3, 0.4) is 0 Å². The molecule has 12 nitrogen and oxygen atoms in total. The van der Waals surface area contributed by atoms with Gasteiger partial charge in [0.25, 0.3) is 11.8 Å². The number of nitrogen functional groups attached to an aromatic ring is 1. The van der Waals surface area contributed by atoms with E-state index in [1.807, 2.05) is 76.5 Å². The van der Waals surface area contributed by atoms with E-state index in [4.69, 9.17) is 21.4 Å². The summed E-state index contributed by atoms with van der Waals surface area (Å²) < 4.78 is 2.32. The van der Waals surface area contributed by atoms with Crippen LogP contribution in [-0.4, -0.2) is 55.7 Å². The Kier molecular flexibility index (Phi) is 16.7. The second-order valence-corrected chi connectivity index (χ2v) is 21.5. The van der Waals surface area contributed by atoms with Crippen LogP contribution in [0.2, 0.25) is 0 Å². The Morgan fingerprint density at radius 3 is 1.75 bits per heavy atom. The highest BCUT2D eigenvalue weighted by molar-refractivity contribution is 6.11. The molecule has 1 atom stereocenters. The number of anilines is 5. The van der Waals surface area contributed by atoms with Gasteiger partial charge in [-0.2, -0.15) is 0 Å². The number of allylic oxidation sites excluding steroid dienone is 1. The molecule has 8 N–H and O–H groups in total. The second-order valence-electron chi connectivity index (χ2n) is 21.5. The normalized spacial score (nSPS) is 13.8. The molecule has 0 radical (unpaired) electrons. The Hall–Kier alpha value is -8.77. The number of benzene rings is 7. The highest BCUT2D eigenvalue weighted by Gasteiger charge is 2.33. The lowest BCUT2D eigenvalue weighted by molar-refractivity contribution is -0.538. The van der Waals surface area contributed by atoms with Gasteiger partial charge < -0.3 is 37.6 Å². The number of aryl methyl sites for hydroxylation is 5. The number of para-hydroxylation sites is 2. The minimum atomic E-state index is -0.0975. The predicted octanol–water partition coefficient (Wildman–Crippen LogP) is 13.4. The van der Waals surface area contributed by atoms with Crippen molar-refractivity contribution in [2.45, 2.75) is 97.9 Å². The number of nitrogens with zero attached hydrogens (tertiary/aromatic N) is 4. The number of nitrogens with one attached hydrogen (secondary N) is 4. The number of carbonyl (C=O) groups excluding carboxylic acids is 2. The van der Waals surface area contributed by atoms with E-state index in [-0.39, 0.29) is 17.9 Å². The maximum absolute atomic E-state index is 13.2. The SMILES string of the molecule is CNc1cc2c(cc1C)N=C1C=C(C)C(N)=CC1N2c1ccccc1CCCCCCNC(=O)c1ccc(-c2ccc(C(=O)NCCCCCCc3ccccc3-[n+]3c4cc(N)c(C)cc4nc4cc(C)c(NC)cc43)cc2)cc1. The Morgan fingerprint density at radius 2 is 1.11 bits per heavy atom. The van der Waals surface area contributed by atoms with Gasteiger partial charge in [0.2, 0.25) is 16.7 Å². The zero-order valence-corrected chi connectivity index (χ0v) is 47.2. The van der Waals surface area contributed by atoms with E-state index in [1.54, 1.807) is 0 Å². The smallest absolute Gasteiger partial charge is 0.251 e. The molecule has 2 amide bonds. The lowest BCUT2D eigenvalue weighted by Gasteiger charge is -2.39. The van der Waals surface area contributed by atoms with Crippen molar-refractivity contribution in [2.75, 3.05) is 48.5 Å². The van der Waals surface area contributed by atoms with Crippen LogP contribution < -0.4 is 42.2 Å². The molecule has 7 aromatic carbocycles. The number of nitrogens with two attached hydrogens (primary N) is 2. The van der Waals surface area contributed by atoms with E-state index in [1.165, 1.54) is 16.8 Å². The molecule has 0 saturated carbocycles. The largest absolute Gasteiger partial charge is 0.399 e. The summed E-state index contributed by atoms with van der Waals surface area (Å²) in [7, 11) is 3.91. The van der Waals surface area contributed by atoms with Crippen molar-refractivity contribution in [3.8, 4) is 16.8 Å². The lowest BCUT2D eigenvalue weighted by atomic mass is 9.92. The number of fused-ring (bicyclic) bond motifs is 4. The molecule has 80 heavy (non-hydrogen) atoms. The maximum Gasteiger partial charge on any atom is 0.251 e. The molecule has 0 bridgehead atoms. The molecule has 408 valence electrons. The molecule has 2 heterocycles. The first-order chi connectivity index (χ1) is 38.9. The molecule has 1 aliphatic carbocycles. The monoisotopic (exact) mass is 1060 g/mol. The first kappa shape index (κ1) is 54.6. The van der Waals surface area contributed by atoms with Crippen molar-refractivity contribution in [1.82, 2.24) is 15.6 Å². The fourth-order valence-corrected chi connectivity index (χ4v) is 11.3. The molecule has 1 aliphatic heterocycles. The lowest BCUT2D eigenvalue weighted by Crippen LogP contribution is -2.41. The summed E-state index contributed by atoms with van der Waals surface area (Å²) in [6.07, 6.45) is 14.1. The van der Waals surface area contributed by atoms with Crippen molar-refractivity contribution in [3.63, 3.8) is 0 Å². The van der Waals surface area contributed by atoms with Gasteiger partial charge in [-0.1, -0.05) is 86.3 Å². The topological polar surface area (TPSA) is 167 Å². The average molecular weight is 1060 g/mol. The minimum absolute atomic E-state index is 0.0747. The van der Waals surface area contributed by atoms with Gasteiger partial charge in [0.1, 0.15) is 11.0 Å². The molecule has 2 aliphatic rings. The van der Waals surface area contributed by atoms with Crippen molar-refractivity contribution in [1.29, 1.82) is 0 Å². The van der Waals surface area contributed by atoms with Crippen molar-refractivity contribution in [3.05, 3.63) is 196 Å². The Morgan fingerprint density at radius 1 is 0.575 bits per heavy atom. The number of aromatic nitrogens is 2. The summed E-state index contributed by atoms with van der Waals surface area (Å²) in [5.74, 6) is -0.151. The Balaban J connectivity index is 0.652. The van der Waals surface area contributed by atoms with Crippen LogP contribution in [0.1, 0.15) is 107 Å². The molecule has 0 spiro atoms. The van der Waals surface area contributed by atoms with E-state index in [9.17, 15) is 9.59 Å². The highest BCUT2D eigenvalue weighted by atomic mass is 16.2. The van der Waals surface area contributed by atoms with Crippen LogP contribution in [0.4, 0.5) is 34.1 Å². The molecule has 1 aromatic heterocycles. The third kappa shape index (κ3) is 11.8. The van der Waals surface area contributed by atoms with Crippen LogP contribution in [0, 0.1) is 20.8 Å². The first-order valence-corrected chi connectivity index (χ1v) is 28.4. The predicted molar refractivity (Wildman–Crippen MR) is 331 cm³/mol. The summed E-state index contributed by atoms with van der Waals surface area (Å²) in [4.78, 5) is 38.9. The van der Waals surface area contributed by atoms with Gasteiger partial charge in [0.15, 0.2) is 0 Å². The second kappa shape index (κ2) is 24.5. The van der Waals surface area contributed by atoms with Crippen molar-refractivity contribution < 1.29 is 14.2 Å². The van der Waals surface area contributed by atoms with Crippen LogP contribution in [0.15, 0.2) is 162 Å². The summed E-state index contributed by atoms with van der Waals surface area (Å²) in [5, 5.41) is 13.0. The molecule has 12 heteroatoms. The number of unbranched alkanes of at least 4 members (excludes halogenated alkanes) is 6. The maximum atomic E-state index is 13.2. The molecule has 0 fully saturated rings. The highest BCUT2D eigenvalue weighted by Crippen LogP contribution is 2.45. The zero-order chi connectivity index (χ0) is 55.9. The van der Waals surface area contributed by atoms with Crippen molar-refractivity contribution in [2.24, 2.45) is 10.7 Å². The van der Waals surface area contributed by atoms with E-state index in [0.717, 1.165) is 165 Å². The van der Waals surface area contributed by atoms with Crippen LogP contribution in [-0.2, 0) is 12.8 Å². The molecule has 8 aromatic rings. The summed E-state index contributed by atoms with van der Waals surface area (Å²) in [6.45, 7) is 9.53. The fourth-order valence-electron chi connectivity index (χ4n) is 11.3. The number of hydrogen-bond acceptors (Lipinski definition) is 9. The van der Waals surface area contributed by atoms with Gasteiger partial charge in [0.05, 0.1) is 23.1 Å². The number of aliphatic imine (C=N–C) groups is 1. The third-order valence-corrected chi connectivity index (χ3v) is 15.9. The molecular weight excluding hydrogens is 989 g/mol. The van der Waals surface area contributed by atoms with Gasteiger partial charge in [-0.3, -0.25) is 9.59 Å². The van der Waals surface area contributed by atoms with Gasteiger partial charge in [-0.15, -0.1) is 4.57 Å². The van der Waals surface area contributed by atoms with Crippen molar-refractivity contribution >= 4 is 73.7 Å². The number of carbonyl (C=O) groups is 2. The van der Waals surface area contributed by atoms with E-state index in [2.05, 4.69) is 142 Å². The van der Waals surface area contributed by atoms with E-state index in [0.29, 0.717) is 24.2 Å². The van der Waals surface area contributed by atoms with Gasteiger partial charge in [0, 0.05) is 90.5 Å². The number of hydrogen-bond donors (Lipinski definition) is 6. The average Bonchev–Trinajstić information content (AvgIpc) is 3.53. The molecular formula is C68H75N10O2+. The summed E-state index contributed by atoms with van der Waals surface area (Å²) >= 11 is 0. The Bertz CT molecular complexity index is 3710. The summed E-state index contributed by atoms with van der Waals surface area (Å²) in [5.41, 5.74) is 36.0. The standard InChI is InChI=1S/C68H74N10O2/c1-43-35-57-63(39-53(43)69)77(65-41-55(71-5)45(3)37-59(65)75-57)61-23-15-13-21-49(61)19-11-7-9-17-33-73-67(79)51-29-25-47(26-30-51)48-27-31-52(32-28-48)68(80)74-34-18-10-8-12-20-50-22-14-16-24-62(50)78-64-40-54(70)44(2)36-58(64)76-60-38-46(4)56(72-6)42-66(60)78/h13-16,21-32,35-42,63,71H,7-12,17-20,33-34,69H2,1-6H3,(H4,70,72,73,74,79,80)/p+1. The number of rotatable bonds is 21. The molecule has 0 saturated heterocycles. The van der Waals surface area contributed by atoms with Crippen LogP contribution in [0.5, 0.6) is 0 Å².